The van der Waals surface area contributed by atoms with Crippen LogP contribution < -0.4 is 9.47 Å². The topological polar surface area (TPSA) is 71.5 Å². The van der Waals surface area contributed by atoms with Crippen molar-refractivity contribution < 1.29 is 24.1 Å². The van der Waals surface area contributed by atoms with Crippen molar-refractivity contribution in [2.45, 2.75) is 58.3 Å². The van der Waals surface area contributed by atoms with Crippen LogP contribution in [-0.4, -0.2) is 79.0 Å². The first-order valence-electron chi connectivity index (χ1n) is 12.4. The Morgan fingerprint density at radius 3 is 2.77 bits per heavy atom. The lowest BCUT2D eigenvalue weighted by Gasteiger charge is -2.37. The molecule has 0 bridgehead atoms. The van der Waals surface area contributed by atoms with Crippen LogP contribution in [0.5, 0.6) is 11.5 Å². The van der Waals surface area contributed by atoms with Gasteiger partial charge in [-0.25, -0.2) is 0 Å². The first-order chi connectivity index (χ1) is 16.7. The lowest BCUT2D eigenvalue weighted by molar-refractivity contribution is -0.136. The summed E-state index contributed by atoms with van der Waals surface area (Å²) in [6, 6.07) is 9.48. The van der Waals surface area contributed by atoms with Crippen molar-refractivity contribution in [3.8, 4) is 11.5 Å². The lowest BCUT2D eigenvalue weighted by Crippen LogP contribution is -2.48. The van der Waals surface area contributed by atoms with Gasteiger partial charge in [0.15, 0.2) is 0 Å². The molecule has 0 radical (unpaired) electrons. The molecular formula is C27H40N2O5S. The number of nitrogens with zero attached hydrogens (tertiary/aromatic N) is 2. The number of rotatable bonds is 12. The zero-order valence-corrected chi connectivity index (χ0v) is 22.5. The summed E-state index contributed by atoms with van der Waals surface area (Å²) in [5.74, 6) is 1.51. The average Bonchev–Trinajstić information content (AvgIpc) is 3.30. The Kier molecular flexibility index (Phi) is 9.98. The van der Waals surface area contributed by atoms with Crippen molar-refractivity contribution in [1.82, 2.24) is 9.80 Å². The van der Waals surface area contributed by atoms with E-state index >= 15 is 0 Å². The molecule has 2 heterocycles. The number of carbonyl (C=O) groups excluding carboxylic acids is 1. The van der Waals surface area contributed by atoms with E-state index in [4.69, 9.17) is 14.2 Å². The summed E-state index contributed by atoms with van der Waals surface area (Å²) in [5, 5.41) is 12.6. The molecule has 3 rings (SSSR count). The predicted molar refractivity (Wildman–Crippen MR) is 139 cm³/mol. The largest absolute Gasteiger partial charge is 0.497 e. The van der Waals surface area contributed by atoms with Gasteiger partial charge in [0.2, 0.25) is 5.91 Å². The Labute approximate surface area is 213 Å². The monoisotopic (exact) mass is 504 g/mol. The maximum Gasteiger partial charge on any atom is 0.237 e. The van der Waals surface area contributed by atoms with Crippen LogP contribution in [0.15, 0.2) is 35.7 Å². The van der Waals surface area contributed by atoms with Crippen molar-refractivity contribution in [1.29, 1.82) is 0 Å². The van der Waals surface area contributed by atoms with E-state index in [0.29, 0.717) is 25.4 Å². The van der Waals surface area contributed by atoms with Gasteiger partial charge in [-0.1, -0.05) is 13.0 Å². The van der Waals surface area contributed by atoms with Gasteiger partial charge in [-0.3, -0.25) is 9.69 Å². The number of methoxy groups -OCH3 is 1. The molecule has 0 aliphatic carbocycles. The molecule has 194 valence electrons. The second-order valence-corrected chi connectivity index (χ2v) is 11.0. The first kappa shape index (κ1) is 27.5. The zero-order chi connectivity index (χ0) is 25.4. The van der Waals surface area contributed by atoms with Crippen molar-refractivity contribution in [2.24, 2.45) is 0 Å². The Bertz CT molecular complexity index is 942. The number of aliphatic hydroxyl groups is 1. The molecule has 7 nitrogen and oxygen atoms in total. The first-order valence-corrected chi connectivity index (χ1v) is 13.2. The average molecular weight is 505 g/mol. The van der Waals surface area contributed by atoms with Crippen LogP contribution in [0.1, 0.15) is 50.6 Å². The number of hydrogen-bond donors (Lipinski definition) is 1. The Hall–Kier alpha value is -2.13. The predicted octanol–water partition coefficient (Wildman–Crippen LogP) is 4.15. The Balaban J connectivity index is 1.67. The van der Waals surface area contributed by atoms with Crippen LogP contribution >= 0.6 is 11.3 Å². The highest BCUT2D eigenvalue weighted by Crippen LogP contribution is 2.34. The maximum atomic E-state index is 13.5. The molecule has 1 N–H and O–H groups in total. The lowest BCUT2D eigenvalue weighted by atomic mass is 10.0. The van der Waals surface area contributed by atoms with Gasteiger partial charge in [-0.05, 0) is 69.3 Å². The SMILES string of the molecule is CCCN(CC(=O)N1CCc2sccc2C1COc1cccc(OC)c1)CC(O)COC(C)(C)C. The van der Waals surface area contributed by atoms with Crippen LogP contribution in [-0.2, 0) is 16.0 Å². The molecule has 1 aliphatic heterocycles. The second kappa shape index (κ2) is 12.7. The Morgan fingerprint density at radius 2 is 2.06 bits per heavy atom. The molecule has 0 spiro atoms. The van der Waals surface area contributed by atoms with Crippen molar-refractivity contribution in [2.75, 3.05) is 46.5 Å². The number of thiophene rings is 1. The quantitative estimate of drug-likeness (QED) is 0.468. The van der Waals surface area contributed by atoms with Crippen LogP contribution in [0.3, 0.4) is 0 Å². The summed E-state index contributed by atoms with van der Waals surface area (Å²) in [6.45, 7) is 10.7. The van der Waals surface area contributed by atoms with E-state index in [9.17, 15) is 9.90 Å². The Morgan fingerprint density at radius 1 is 1.29 bits per heavy atom. The minimum Gasteiger partial charge on any atom is -0.497 e. The number of ether oxygens (including phenoxy) is 3. The fourth-order valence-electron chi connectivity index (χ4n) is 4.27. The third-order valence-corrected chi connectivity index (χ3v) is 6.94. The van der Waals surface area contributed by atoms with E-state index in [1.165, 1.54) is 4.88 Å². The van der Waals surface area contributed by atoms with Crippen LogP contribution in [0.25, 0.3) is 0 Å². The number of amides is 1. The van der Waals surface area contributed by atoms with E-state index in [2.05, 4.69) is 18.4 Å². The fraction of sp³-hybridized carbons (Fsp3) is 0.593. The van der Waals surface area contributed by atoms with Crippen LogP contribution in [0, 0.1) is 0 Å². The highest BCUT2D eigenvalue weighted by Gasteiger charge is 2.33. The number of hydrogen-bond acceptors (Lipinski definition) is 7. The van der Waals surface area contributed by atoms with Gasteiger partial charge < -0.3 is 24.2 Å². The summed E-state index contributed by atoms with van der Waals surface area (Å²) in [6.07, 6.45) is 1.10. The van der Waals surface area contributed by atoms with E-state index in [1.807, 2.05) is 54.8 Å². The molecule has 2 unspecified atom stereocenters. The summed E-state index contributed by atoms with van der Waals surface area (Å²) >= 11 is 1.74. The molecule has 1 amide bonds. The highest BCUT2D eigenvalue weighted by molar-refractivity contribution is 7.10. The number of carbonyl (C=O) groups is 1. The second-order valence-electron chi connectivity index (χ2n) is 9.95. The summed E-state index contributed by atoms with van der Waals surface area (Å²) in [4.78, 5) is 18.8. The molecule has 8 heteroatoms. The molecule has 1 aromatic heterocycles. The zero-order valence-electron chi connectivity index (χ0n) is 21.7. The minimum absolute atomic E-state index is 0.0541. The van der Waals surface area contributed by atoms with Gasteiger partial charge in [0.05, 0.1) is 38.0 Å². The van der Waals surface area contributed by atoms with E-state index < -0.39 is 6.10 Å². The van der Waals surface area contributed by atoms with E-state index in [-0.39, 0.29) is 30.7 Å². The van der Waals surface area contributed by atoms with Gasteiger partial charge in [-0.15, -0.1) is 11.3 Å². The molecular weight excluding hydrogens is 464 g/mol. The van der Waals surface area contributed by atoms with Crippen molar-refractivity contribution >= 4 is 17.2 Å². The van der Waals surface area contributed by atoms with Gasteiger partial charge in [0.1, 0.15) is 18.1 Å². The number of benzene rings is 1. The van der Waals surface area contributed by atoms with Crippen molar-refractivity contribution in [3.63, 3.8) is 0 Å². The van der Waals surface area contributed by atoms with Crippen LogP contribution in [0.4, 0.5) is 0 Å². The number of fused-ring (bicyclic) bond motifs is 1. The summed E-state index contributed by atoms with van der Waals surface area (Å²) < 4.78 is 17.2. The molecule has 2 atom stereocenters. The van der Waals surface area contributed by atoms with Crippen LogP contribution in [0.2, 0.25) is 0 Å². The van der Waals surface area contributed by atoms with Gasteiger partial charge in [0, 0.05) is 24.0 Å². The maximum absolute atomic E-state index is 13.5. The van der Waals surface area contributed by atoms with E-state index in [1.54, 1.807) is 18.4 Å². The summed E-state index contributed by atoms with van der Waals surface area (Å²) in [5.41, 5.74) is 0.854. The smallest absolute Gasteiger partial charge is 0.237 e. The molecule has 35 heavy (non-hydrogen) atoms. The molecule has 0 saturated carbocycles. The normalized spacial score (nSPS) is 16.8. The van der Waals surface area contributed by atoms with E-state index in [0.717, 1.165) is 30.7 Å². The molecule has 2 aromatic rings. The van der Waals surface area contributed by atoms with Gasteiger partial charge in [0.25, 0.3) is 0 Å². The molecule has 1 aliphatic rings. The summed E-state index contributed by atoms with van der Waals surface area (Å²) in [7, 11) is 1.63. The third kappa shape index (κ3) is 8.20. The number of aliphatic hydroxyl groups excluding tert-OH is 1. The third-order valence-electron chi connectivity index (χ3n) is 5.94. The minimum atomic E-state index is -0.648. The van der Waals surface area contributed by atoms with Crippen molar-refractivity contribution in [3.05, 3.63) is 46.2 Å². The highest BCUT2D eigenvalue weighted by atomic mass is 32.1. The molecule has 0 saturated heterocycles. The molecule has 1 aromatic carbocycles. The van der Waals surface area contributed by atoms with Gasteiger partial charge in [-0.2, -0.15) is 0 Å². The molecule has 0 fully saturated rings. The fourth-order valence-corrected chi connectivity index (χ4v) is 5.20. The van der Waals surface area contributed by atoms with Gasteiger partial charge >= 0.3 is 0 Å². The standard InChI is InChI=1S/C27H40N2O5S/c1-6-12-28(16-20(30)18-34-27(2,3)4)17-26(31)29-13-10-25-23(11-14-35-25)24(29)19-33-22-9-7-8-21(15-22)32-5/h7-9,11,14-15,20,24,30H,6,10,12-13,16-19H2,1-5H3.